The maximum Gasteiger partial charge on any atom is 0.0780 e. The van der Waals surface area contributed by atoms with Gasteiger partial charge in [-0.05, 0) is 23.7 Å². The van der Waals surface area contributed by atoms with Crippen LogP contribution in [0.3, 0.4) is 0 Å². The third kappa shape index (κ3) is 8.06. The molecule has 0 fully saturated rings. The Hall–Kier alpha value is -2.45. The summed E-state index contributed by atoms with van der Waals surface area (Å²) in [5.74, 6) is 0. The summed E-state index contributed by atoms with van der Waals surface area (Å²) >= 11 is 0. The maximum absolute atomic E-state index is 4.60. The van der Waals surface area contributed by atoms with Gasteiger partial charge in [-0.2, -0.15) is 0 Å². The van der Waals surface area contributed by atoms with Crippen molar-refractivity contribution in [3.8, 4) is 22.4 Å². The Morgan fingerprint density at radius 1 is 0.679 bits per heavy atom. The minimum Gasteiger partial charge on any atom is -0.313 e. The SMILES string of the molecule is CC.CC.CC.CCNCc1ccc(-c2ncccc2-c2ccccc2)cc1. The van der Waals surface area contributed by atoms with Crippen LogP contribution in [0.15, 0.2) is 72.9 Å². The topological polar surface area (TPSA) is 24.9 Å². The standard InChI is InChI=1S/C20H20N2.3C2H6/c1-2-21-15-16-10-12-18(13-11-16)20-19(9-6-14-22-20)17-7-4-3-5-8-17;3*1-2/h3-14,21H,2,15H2,1H3;3*1-2H3. The second kappa shape index (κ2) is 16.7. The molecule has 0 spiro atoms. The van der Waals surface area contributed by atoms with E-state index in [1.54, 1.807) is 0 Å². The van der Waals surface area contributed by atoms with Crippen molar-refractivity contribution in [2.24, 2.45) is 0 Å². The van der Waals surface area contributed by atoms with E-state index in [0.717, 1.165) is 24.3 Å². The lowest BCUT2D eigenvalue weighted by atomic mass is 9.99. The van der Waals surface area contributed by atoms with E-state index in [2.05, 4.69) is 71.8 Å². The van der Waals surface area contributed by atoms with Crippen LogP contribution in [-0.2, 0) is 6.54 Å². The van der Waals surface area contributed by atoms with E-state index in [0.29, 0.717) is 0 Å². The van der Waals surface area contributed by atoms with Gasteiger partial charge in [0.2, 0.25) is 0 Å². The first-order valence-corrected chi connectivity index (χ1v) is 10.7. The molecule has 3 rings (SSSR count). The van der Waals surface area contributed by atoms with Gasteiger partial charge >= 0.3 is 0 Å². The monoisotopic (exact) mass is 378 g/mol. The Labute approximate surface area is 173 Å². The van der Waals surface area contributed by atoms with Crippen molar-refractivity contribution in [3.63, 3.8) is 0 Å². The molecule has 2 aromatic carbocycles. The average molecular weight is 379 g/mol. The minimum absolute atomic E-state index is 0.907. The molecule has 2 nitrogen and oxygen atoms in total. The smallest absolute Gasteiger partial charge is 0.0780 e. The Balaban J connectivity index is 0.00000111. The molecule has 0 unspecified atom stereocenters. The summed E-state index contributed by atoms with van der Waals surface area (Å²) in [6.45, 7) is 16.0. The lowest BCUT2D eigenvalue weighted by Gasteiger charge is -2.10. The van der Waals surface area contributed by atoms with Crippen molar-refractivity contribution in [3.05, 3.63) is 78.5 Å². The van der Waals surface area contributed by atoms with Crippen LogP contribution >= 0.6 is 0 Å². The molecule has 0 saturated carbocycles. The van der Waals surface area contributed by atoms with Gasteiger partial charge in [-0.1, -0.05) is 109 Å². The number of aromatic nitrogens is 1. The van der Waals surface area contributed by atoms with E-state index in [1.165, 1.54) is 16.7 Å². The number of rotatable bonds is 5. The van der Waals surface area contributed by atoms with E-state index in [1.807, 2.05) is 59.9 Å². The number of nitrogens with one attached hydrogen (secondary N) is 1. The van der Waals surface area contributed by atoms with Crippen molar-refractivity contribution in [2.45, 2.75) is 55.0 Å². The van der Waals surface area contributed by atoms with Crippen molar-refractivity contribution in [2.75, 3.05) is 6.54 Å². The Bertz CT molecular complexity index is 719. The molecule has 1 heterocycles. The van der Waals surface area contributed by atoms with E-state index >= 15 is 0 Å². The third-order valence-corrected chi connectivity index (χ3v) is 3.70. The summed E-state index contributed by atoms with van der Waals surface area (Å²) < 4.78 is 0. The molecule has 0 aliphatic carbocycles. The first-order valence-electron chi connectivity index (χ1n) is 10.7. The summed E-state index contributed by atoms with van der Waals surface area (Å²) in [5, 5.41) is 3.35. The Kier molecular flexibility index (Phi) is 15.2. The molecule has 152 valence electrons. The second-order valence-corrected chi connectivity index (χ2v) is 5.24. The van der Waals surface area contributed by atoms with Gasteiger partial charge in [-0.25, -0.2) is 0 Å². The molecule has 1 aromatic heterocycles. The van der Waals surface area contributed by atoms with E-state index in [-0.39, 0.29) is 0 Å². The second-order valence-electron chi connectivity index (χ2n) is 5.24. The van der Waals surface area contributed by atoms with Crippen LogP contribution in [0.2, 0.25) is 0 Å². The van der Waals surface area contributed by atoms with Crippen LogP contribution in [-0.4, -0.2) is 11.5 Å². The highest BCUT2D eigenvalue weighted by Crippen LogP contribution is 2.29. The summed E-state index contributed by atoms with van der Waals surface area (Å²) in [6.07, 6.45) is 1.86. The largest absolute Gasteiger partial charge is 0.313 e. The Morgan fingerprint density at radius 2 is 1.29 bits per heavy atom. The molecule has 1 N–H and O–H groups in total. The molecule has 0 aliphatic heterocycles. The van der Waals surface area contributed by atoms with Crippen molar-refractivity contribution in [1.82, 2.24) is 10.3 Å². The van der Waals surface area contributed by atoms with Crippen molar-refractivity contribution < 1.29 is 0 Å². The Morgan fingerprint density at radius 3 is 1.86 bits per heavy atom. The molecule has 0 radical (unpaired) electrons. The van der Waals surface area contributed by atoms with Crippen molar-refractivity contribution >= 4 is 0 Å². The zero-order valence-electron chi connectivity index (χ0n) is 18.8. The van der Waals surface area contributed by atoms with Gasteiger partial charge in [0.15, 0.2) is 0 Å². The van der Waals surface area contributed by atoms with Gasteiger partial charge in [0.25, 0.3) is 0 Å². The predicted octanol–water partition coefficient (Wildman–Crippen LogP) is 7.60. The summed E-state index contributed by atoms with van der Waals surface area (Å²) in [4.78, 5) is 4.60. The highest BCUT2D eigenvalue weighted by atomic mass is 14.8. The molecule has 28 heavy (non-hydrogen) atoms. The van der Waals surface area contributed by atoms with Crippen LogP contribution in [0.4, 0.5) is 0 Å². The highest BCUT2D eigenvalue weighted by Gasteiger charge is 2.08. The van der Waals surface area contributed by atoms with E-state index < -0.39 is 0 Å². The predicted molar refractivity (Wildman–Crippen MR) is 127 cm³/mol. The molecule has 0 bridgehead atoms. The van der Waals surface area contributed by atoms with Gasteiger partial charge in [0.05, 0.1) is 5.69 Å². The highest BCUT2D eigenvalue weighted by molar-refractivity contribution is 5.80. The molecule has 0 atom stereocenters. The average Bonchev–Trinajstić information content (AvgIpc) is 2.82. The first-order chi connectivity index (χ1) is 13.9. The zero-order valence-corrected chi connectivity index (χ0v) is 18.8. The van der Waals surface area contributed by atoms with Crippen molar-refractivity contribution in [1.29, 1.82) is 0 Å². The molecule has 0 saturated heterocycles. The van der Waals surface area contributed by atoms with Crippen LogP contribution in [0.1, 0.15) is 54.0 Å². The molecule has 2 heteroatoms. The minimum atomic E-state index is 0.907. The molecular formula is C26H38N2. The zero-order chi connectivity index (χ0) is 21.2. The molecule has 0 aliphatic rings. The summed E-state index contributed by atoms with van der Waals surface area (Å²) in [7, 11) is 0. The van der Waals surface area contributed by atoms with Gasteiger partial charge < -0.3 is 5.32 Å². The van der Waals surface area contributed by atoms with Gasteiger partial charge in [0.1, 0.15) is 0 Å². The molecule has 0 amide bonds. The quantitative estimate of drug-likeness (QED) is 0.494. The van der Waals surface area contributed by atoms with Crippen LogP contribution in [0, 0.1) is 0 Å². The van der Waals surface area contributed by atoms with E-state index in [9.17, 15) is 0 Å². The number of benzene rings is 2. The molecule has 3 aromatic rings. The first kappa shape index (κ1) is 25.6. The lowest BCUT2D eigenvalue weighted by molar-refractivity contribution is 0.727. The fourth-order valence-electron chi connectivity index (χ4n) is 2.54. The van der Waals surface area contributed by atoms with Gasteiger partial charge in [-0.3, -0.25) is 4.98 Å². The normalized spacial score (nSPS) is 8.96. The number of pyridine rings is 1. The van der Waals surface area contributed by atoms with E-state index in [4.69, 9.17) is 0 Å². The van der Waals surface area contributed by atoms with Gasteiger partial charge in [0, 0.05) is 23.9 Å². The molecular weight excluding hydrogens is 340 g/mol. The third-order valence-electron chi connectivity index (χ3n) is 3.70. The van der Waals surface area contributed by atoms with Gasteiger partial charge in [-0.15, -0.1) is 0 Å². The summed E-state index contributed by atoms with van der Waals surface area (Å²) in [5.41, 5.74) is 5.84. The van der Waals surface area contributed by atoms with Crippen LogP contribution in [0.5, 0.6) is 0 Å². The lowest BCUT2D eigenvalue weighted by Crippen LogP contribution is -2.11. The van der Waals surface area contributed by atoms with Crippen LogP contribution in [0.25, 0.3) is 22.4 Å². The number of nitrogens with zero attached hydrogens (tertiary/aromatic N) is 1. The van der Waals surface area contributed by atoms with Crippen LogP contribution < -0.4 is 5.32 Å². The maximum atomic E-state index is 4.60. The fraction of sp³-hybridized carbons (Fsp3) is 0.346. The number of hydrogen-bond acceptors (Lipinski definition) is 2. The number of hydrogen-bond donors (Lipinski definition) is 1. The summed E-state index contributed by atoms with van der Waals surface area (Å²) in [6, 6.07) is 23.2. The fourth-order valence-corrected chi connectivity index (χ4v) is 2.54.